The van der Waals surface area contributed by atoms with Gasteiger partial charge in [-0.15, -0.1) is 0 Å². The maximum atomic E-state index is 11.6. The van der Waals surface area contributed by atoms with E-state index in [4.69, 9.17) is 4.74 Å². The van der Waals surface area contributed by atoms with Gasteiger partial charge in [0.1, 0.15) is 0 Å². The maximum Gasteiger partial charge on any atom is 0.306 e. The van der Waals surface area contributed by atoms with E-state index in [-0.39, 0.29) is 5.97 Å². The van der Waals surface area contributed by atoms with Crippen LogP contribution in [0.1, 0.15) is 48.9 Å². The summed E-state index contributed by atoms with van der Waals surface area (Å²) < 4.78 is 7.12. The van der Waals surface area contributed by atoms with Gasteiger partial charge in [-0.2, -0.15) is 5.10 Å². The summed E-state index contributed by atoms with van der Waals surface area (Å²) in [5.74, 6) is -0.118. The fourth-order valence-corrected chi connectivity index (χ4v) is 3.66. The number of hydrogen-bond acceptors (Lipinski definition) is 4. The molecule has 0 radical (unpaired) electrons. The molecule has 140 valence electrons. The van der Waals surface area contributed by atoms with Crippen molar-refractivity contribution in [2.24, 2.45) is 0 Å². The molecule has 0 saturated carbocycles. The zero-order chi connectivity index (χ0) is 18.4. The molecule has 2 heterocycles. The van der Waals surface area contributed by atoms with Crippen LogP contribution in [0.15, 0.2) is 36.7 Å². The summed E-state index contributed by atoms with van der Waals surface area (Å²) in [5, 5.41) is 4.42. The van der Waals surface area contributed by atoms with Crippen LogP contribution in [-0.2, 0) is 22.5 Å². The van der Waals surface area contributed by atoms with Crippen LogP contribution in [0.3, 0.4) is 0 Å². The first-order chi connectivity index (χ1) is 12.7. The number of carbonyl (C=O) groups excluding carboxylic acids is 1. The average Bonchev–Trinajstić information content (AvgIpc) is 3.18. The number of aryl methyl sites for hydroxylation is 2. The number of likely N-dealkylation sites (tertiary alicyclic amines) is 1. The minimum Gasteiger partial charge on any atom is -0.466 e. The van der Waals surface area contributed by atoms with Crippen molar-refractivity contribution in [3.05, 3.63) is 53.3 Å². The second kappa shape index (κ2) is 8.99. The first-order valence-corrected chi connectivity index (χ1v) is 9.61. The number of benzene rings is 1. The average molecular weight is 355 g/mol. The van der Waals surface area contributed by atoms with Crippen LogP contribution >= 0.6 is 0 Å². The first-order valence-electron chi connectivity index (χ1n) is 9.61. The first kappa shape index (κ1) is 18.6. The molecule has 3 rings (SSSR count). The Bertz CT molecular complexity index is 712. The van der Waals surface area contributed by atoms with Gasteiger partial charge in [0, 0.05) is 31.9 Å². The van der Waals surface area contributed by atoms with Gasteiger partial charge in [0.05, 0.1) is 12.6 Å². The highest BCUT2D eigenvalue weighted by molar-refractivity contribution is 5.69. The van der Waals surface area contributed by atoms with Crippen molar-refractivity contribution in [1.29, 1.82) is 0 Å². The third-order valence-corrected chi connectivity index (χ3v) is 5.11. The number of nitrogens with zero attached hydrogens (tertiary/aromatic N) is 3. The maximum absolute atomic E-state index is 11.6. The van der Waals surface area contributed by atoms with Crippen LogP contribution in [0, 0.1) is 6.92 Å². The van der Waals surface area contributed by atoms with Crippen LogP contribution in [0.2, 0.25) is 0 Å². The molecule has 2 aromatic rings. The van der Waals surface area contributed by atoms with Gasteiger partial charge in [-0.3, -0.25) is 14.4 Å². The molecule has 1 fully saturated rings. The predicted molar refractivity (Wildman–Crippen MR) is 102 cm³/mol. The minimum absolute atomic E-state index is 0.118. The van der Waals surface area contributed by atoms with E-state index < -0.39 is 0 Å². The predicted octanol–water partition coefficient (Wildman–Crippen LogP) is 3.52. The molecule has 1 aromatic heterocycles. The Labute approximate surface area is 156 Å². The lowest BCUT2D eigenvalue weighted by Crippen LogP contribution is -2.36. The molecule has 5 nitrogen and oxygen atoms in total. The van der Waals surface area contributed by atoms with Crippen molar-refractivity contribution in [2.45, 2.75) is 52.1 Å². The van der Waals surface area contributed by atoms with Crippen LogP contribution in [0.4, 0.5) is 0 Å². The zero-order valence-electron chi connectivity index (χ0n) is 15.9. The van der Waals surface area contributed by atoms with Gasteiger partial charge in [-0.1, -0.05) is 18.2 Å². The standard InChI is InChI=1S/C21H29N3O2/c1-3-26-21(25)10-9-18-8-7-17(2)19(14-18)15-23-12-4-6-20(16-23)24-13-5-11-22-24/h5,7-8,11,13-14,20H,3-4,6,9-10,12,15-16H2,1-2H3. The number of piperidine rings is 1. The van der Waals surface area contributed by atoms with Gasteiger partial charge in [-0.25, -0.2) is 0 Å². The Morgan fingerprint density at radius 1 is 1.38 bits per heavy atom. The van der Waals surface area contributed by atoms with Crippen molar-refractivity contribution >= 4 is 5.97 Å². The van der Waals surface area contributed by atoms with Gasteiger partial charge in [-0.05, 0) is 62.4 Å². The highest BCUT2D eigenvalue weighted by Gasteiger charge is 2.22. The molecular weight excluding hydrogens is 326 g/mol. The third kappa shape index (κ3) is 4.94. The van der Waals surface area contributed by atoms with Crippen LogP contribution in [-0.4, -0.2) is 40.3 Å². The van der Waals surface area contributed by atoms with E-state index in [1.165, 1.54) is 29.5 Å². The summed E-state index contributed by atoms with van der Waals surface area (Å²) in [4.78, 5) is 14.1. The molecule has 0 bridgehead atoms. The van der Waals surface area contributed by atoms with Crippen LogP contribution < -0.4 is 0 Å². The molecule has 1 unspecified atom stereocenters. The Balaban J connectivity index is 1.61. The minimum atomic E-state index is -0.118. The molecule has 0 amide bonds. The number of hydrogen-bond donors (Lipinski definition) is 0. The lowest BCUT2D eigenvalue weighted by Gasteiger charge is -2.33. The number of carbonyl (C=O) groups is 1. The summed E-state index contributed by atoms with van der Waals surface area (Å²) in [6.45, 7) is 7.58. The largest absolute Gasteiger partial charge is 0.466 e. The van der Waals surface area contributed by atoms with Crippen molar-refractivity contribution in [3.8, 4) is 0 Å². The molecule has 0 aliphatic carbocycles. The molecule has 1 aliphatic heterocycles. The zero-order valence-corrected chi connectivity index (χ0v) is 15.9. The van der Waals surface area contributed by atoms with Gasteiger partial charge in [0.15, 0.2) is 0 Å². The van der Waals surface area contributed by atoms with Crippen molar-refractivity contribution < 1.29 is 9.53 Å². The van der Waals surface area contributed by atoms with E-state index >= 15 is 0 Å². The van der Waals surface area contributed by atoms with Gasteiger partial charge < -0.3 is 4.74 Å². The molecular formula is C21H29N3O2. The summed E-state index contributed by atoms with van der Waals surface area (Å²) in [6, 6.07) is 9.01. The summed E-state index contributed by atoms with van der Waals surface area (Å²) in [5.41, 5.74) is 3.87. The monoisotopic (exact) mass is 355 g/mol. The van der Waals surface area contributed by atoms with E-state index in [0.717, 1.165) is 26.1 Å². The summed E-state index contributed by atoms with van der Waals surface area (Å²) >= 11 is 0. The van der Waals surface area contributed by atoms with Crippen LogP contribution in [0.25, 0.3) is 0 Å². The van der Waals surface area contributed by atoms with Crippen molar-refractivity contribution in [1.82, 2.24) is 14.7 Å². The van der Waals surface area contributed by atoms with E-state index in [1.807, 2.05) is 19.2 Å². The Morgan fingerprint density at radius 3 is 3.04 bits per heavy atom. The summed E-state index contributed by atoms with van der Waals surface area (Å²) in [7, 11) is 0. The molecule has 1 atom stereocenters. The fraction of sp³-hybridized carbons (Fsp3) is 0.524. The molecule has 0 N–H and O–H groups in total. The number of esters is 1. The van der Waals surface area contributed by atoms with E-state index in [1.54, 1.807) is 0 Å². The highest BCUT2D eigenvalue weighted by Crippen LogP contribution is 2.23. The van der Waals surface area contributed by atoms with E-state index in [0.29, 0.717) is 19.1 Å². The normalized spacial score (nSPS) is 18.0. The molecule has 1 aromatic carbocycles. The molecule has 26 heavy (non-hydrogen) atoms. The molecule has 5 heteroatoms. The SMILES string of the molecule is CCOC(=O)CCc1ccc(C)c(CN2CCCC(n3cccn3)C2)c1. The third-order valence-electron chi connectivity index (χ3n) is 5.11. The van der Waals surface area contributed by atoms with Gasteiger partial charge in [0.25, 0.3) is 0 Å². The lowest BCUT2D eigenvalue weighted by atomic mass is 10.00. The highest BCUT2D eigenvalue weighted by atomic mass is 16.5. The van der Waals surface area contributed by atoms with Crippen molar-refractivity contribution in [3.63, 3.8) is 0 Å². The Kier molecular flexibility index (Phi) is 6.45. The molecule has 1 aliphatic rings. The van der Waals surface area contributed by atoms with Crippen molar-refractivity contribution in [2.75, 3.05) is 19.7 Å². The van der Waals surface area contributed by atoms with Crippen LogP contribution in [0.5, 0.6) is 0 Å². The fourth-order valence-electron chi connectivity index (χ4n) is 3.66. The molecule has 0 spiro atoms. The quantitative estimate of drug-likeness (QED) is 0.713. The van der Waals surface area contributed by atoms with E-state index in [2.05, 4.69) is 46.0 Å². The molecule has 1 saturated heterocycles. The number of ether oxygens (including phenoxy) is 1. The van der Waals surface area contributed by atoms with E-state index in [9.17, 15) is 4.79 Å². The second-order valence-corrected chi connectivity index (χ2v) is 7.08. The lowest BCUT2D eigenvalue weighted by molar-refractivity contribution is -0.143. The topological polar surface area (TPSA) is 47.4 Å². The van der Waals surface area contributed by atoms with Gasteiger partial charge in [0.2, 0.25) is 0 Å². The Morgan fingerprint density at radius 2 is 2.27 bits per heavy atom. The van der Waals surface area contributed by atoms with Gasteiger partial charge >= 0.3 is 5.97 Å². The number of aromatic nitrogens is 2. The smallest absolute Gasteiger partial charge is 0.306 e. The number of rotatable bonds is 7. The second-order valence-electron chi connectivity index (χ2n) is 7.08. The summed E-state index contributed by atoms with van der Waals surface area (Å²) in [6.07, 6.45) is 7.50. The Hall–Kier alpha value is -2.14.